The Hall–Kier alpha value is -0.0800. The van der Waals surface area contributed by atoms with E-state index >= 15 is 0 Å². The zero-order chi connectivity index (χ0) is 9.19. The third-order valence-corrected chi connectivity index (χ3v) is 2.49. The van der Waals surface area contributed by atoms with E-state index in [1.54, 1.807) is 0 Å². The van der Waals surface area contributed by atoms with Gasteiger partial charge >= 0.3 is 0 Å². The third-order valence-electron chi connectivity index (χ3n) is 2.49. The first-order valence-corrected chi connectivity index (χ1v) is 5.65. The molecule has 0 unspecified atom stereocenters. The zero-order valence-electron chi connectivity index (χ0n) is 8.59. The minimum atomic E-state index is 0.500. The largest absolute Gasteiger partial charge is 0.355 e. The Labute approximate surface area is 81.6 Å². The summed E-state index contributed by atoms with van der Waals surface area (Å²) in [4.78, 5) is 0. The standard InChI is InChI=1S/C11H22O2/c1-2-4-6-8-10-13-11-12-9-7-5-3-1/h1-11H2. The Morgan fingerprint density at radius 3 is 1.31 bits per heavy atom. The average Bonchev–Trinajstić information content (AvgIpc) is 2.18. The highest BCUT2D eigenvalue weighted by Gasteiger charge is 1.95. The number of hydrogen-bond acceptors (Lipinski definition) is 2. The zero-order valence-corrected chi connectivity index (χ0v) is 8.59. The van der Waals surface area contributed by atoms with Gasteiger partial charge in [0.05, 0.1) is 0 Å². The molecule has 78 valence electrons. The van der Waals surface area contributed by atoms with Crippen LogP contribution in [0, 0.1) is 0 Å². The van der Waals surface area contributed by atoms with Gasteiger partial charge < -0.3 is 9.47 Å². The van der Waals surface area contributed by atoms with Crippen molar-refractivity contribution in [3.05, 3.63) is 0 Å². The lowest BCUT2D eigenvalue weighted by Gasteiger charge is -2.04. The molecule has 0 aliphatic carbocycles. The van der Waals surface area contributed by atoms with Gasteiger partial charge in [0.15, 0.2) is 0 Å². The van der Waals surface area contributed by atoms with Crippen LogP contribution in [0.5, 0.6) is 0 Å². The summed E-state index contributed by atoms with van der Waals surface area (Å²) in [6, 6.07) is 0. The van der Waals surface area contributed by atoms with Crippen molar-refractivity contribution < 1.29 is 9.47 Å². The number of hydrogen-bond donors (Lipinski definition) is 0. The molecular formula is C11H22O2. The van der Waals surface area contributed by atoms with Crippen LogP contribution in [0.2, 0.25) is 0 Å². The van der Waals surface area contributed by atoms with Crippen molar-refractivity contribution in [1.82, 2.24) is 0 Å². The SMILES string of the molecule is C1CCCCCOCOCCCC1. The van der Waals surface area contributed by atoms with Crippen molar-refractivity contribution >= 4 is 0 Å². The summed E-state index contributed by atoms with van der Waals surface area (Å²) >= 11 is 0. The predicted octanol–water partition coefficient (Wildman–Crippen LogP) is 3.11. The van der Waals surface area contributed by atoms with E-state index in [1.807, 2.05) is 0 Å². The van der Waals surface area contributed by atoms with Gasteiger partial charge in [-0.1, -0.05) is 38.5 Å². The second kappa shape index (κ2) is 8.52. The van der Waals surface area contributed by atoms with Crippen LogP contribution in [-0.2, 0) is 9.47 Å². The van der Waals surface area contributed by atoms with Gasteiger partial charge in [0.1, 0.15) is 6.79 Å². The summed E-state index contributed by atoms with van der Waals surface area (Å²) in [5.74, 6) is 0. The number of rotatable bonds is 0. The number of ether oxygens (including phenoxy) is 2. The summed E-state index contributed by atoms with van der Waals surface area (Å²) in [6.45, 7) is 2.25. The van der Waals surface area contributed by atoms with Gasteiger partial charge in [0, 0.05) is 13.2 Å². The molecule has 0 radical (unpaired) electrons. The van der Waals surface area contributed by atoms with Crippen molar-refractivity contribution in [3.8, 4) is 0 Å². The minimum absolute atomic E-state index is 0.500. The average molecular weight is 186 g/mol. The molecule has 0 bridgehead atoms. The molecule has 1 aliphatic rings. The van der Waals surface area contributed by atoms with E-state index in [1.165, 1.54) is 51.4 Å². The lowest BCUT2D eigenvalue weighted by molar-refractivity contribution is -0.0553. The molecule has 2 heteroatoms. The fraction of sp³-hybridized carbons (Fsp3) is 1.00. The topological polar surface area (TPSA) is 18.5 Å². The highest BCUT2D eigenvalue weighted by molar-refractivity contribution is 4.47. The molecule has 0 atom stereocenters. The first-order valence-electron chi connectivity index (χ1n) is 5.65. The summed E-state index contributed by atoms with van der Waals surface area (Å²) in [5.41, 5.74) is 0. The van der Waals surface area contributed by atoms with E-state index in [-0.39, 0.29) is 0 Å². The van der Waals surface area contributed by atoms with Crippen LogP contribution in [0.1, 0.15) is 51.4 Å². The molecule has 0 aromatic rings. The Bertz CT molecular complexity index is 56.2. The van der Waals surface area contributed by atoms with Gasteiger partial charge in [0.2, 0.25) is 0 Å². The molecule has 0 saturated carbocycles. The highest BCUT2D eigenvalue weighted by atomic mass is 16.7. The molecule has 1 saturated heterocycles. The fourth-order valence-electron chi connectivity index (χ4n) is 1.65. The van der Waals surface area contributed by atoms with Crippen LogP contribution < -0.4 is 0 Å². The van der Waals surface area contributed by atoms with Crippen molar-refractivity contribution in [3.63, 3.8) is 0 Å². The lowest BCUT2D eigenvalue weighted by Crippen LogP contribution is -2.02. The minimum Gasteiger partial charge on any atom is -0.355 e. The van der Waals surface area contributed by atoms with Crippen LogP contribution in [-0.4, -0.2) is 20.0 Å². The van der Waals surface area contributed by atoms with Gasteiger partial charge in [-0.2, -0.15) is 0 Å². The third kappa shape index (κ3) is 7.03. The molecule has 2 nitrogen and oxygen atoms in total. The maximum atomic E-state index is 5.32. The Balaban J connectivity index is 2.01. The molecule has 0 aromatic carbocycles. The molecular weight excluding hydrogens is 164 g/mol. The molecule has 1 fully saturated rings. The molecule has 1 rings (SSSR count). The van der Waals surface area contributed by atoms with Crippen LogP contribution in [0.15, 0.2) is 0 Å². The van der Waals surface area contributed by atoms with Crippen LogP contribution in [0.4, 0.5) is 0 Å². The first-order chi connectivity index (χ1) is 6.50. The quantitative estimate of drug-likeness (QED) is 0.578. The Morgan fingerprint density at radius 2 is 0.846 bits per heavy atom. The van der Waals surface area contributed by atoms with Crippen LogP contribution in [0.25, 0.3) is 0 Å². The molecule has 0 aromatic heterocycles. The van der Waals surface area contributed by atoms with Gasteiger partial charge in [-0.25, -0.2) is 0 Å². The van der Waals surface area contributed by atoms with Crippen LogP contribution in [0.3, 0.4) is 0 Å². The molecule has 1 heterocycles. The van der Waals surface area contributed by atoms with E-state index in [9.17, 15) is 0 Å². The lowest BCUT2D eigenvalue weighted by atomic mass is 10.1. The van der Waals surface area contributed by atoms with Gasteiger partial charge in [-0.3, -0.25) is 0 Å². The van der Waals surface area contributed by atoms with Crippen molar-refractivity contribution in [2.75, 3.05) is 20.0 Å². The predicted molar refractivity (Wildman–Crippen MR) is 53.7 cm³/mol. The van der Waals surface area contributed by atoms with Crippen molar-refractivity contribution in [2.45, 2.75) is 51.4 Å². The normalized spacial score (nSPS) is 24.0. The maximum Gasteiger partial charge on any atom is 0.146 e. The van der Waals surface area contributed by atoms with Crippen LogP contribution >= 0.6 is 0 Å². The van der Waals surface area contributed by atoms with Gasteiger partial charge in [0.25, 0.3) is 0 Å². The Morgan fingerprint density at radius 1 is 0.462 bits per heavy atom. The molecule has 0 spiro atoms. The summed E-state index contributed by atoms with van der Waals surface area (Å²) < 4.78 is 10.6. The fourth-order valence-corrected chi connectivity index (χ4v) is 1.65. The van der Waals surface area contributed by atoms with E-state index < -0.39 is 0 Å². The summed E-state index contributed by atoms with van der Waals surface area (Å²) in [7, 11) is 0. The van der Waals surface area contributed by atoms with E-state index in [4.69, 9.17) is 9.47 Å². The maximum absolute atomic E-state index is 5.32. The van der Waals surface area contributed by atoms with E-state index in [0.29, 0.717) is 6.79 Å². The smallest absolute Gasteiger partial charge is 0.146 e. The van der Waals surface area contributed by atoms with E-state index in [2.05, 4.69) is 0 Å². The monoisotopic (exact) mass is 186 g/mol. The van der Waals surface area contributed by atoms with Crippen molar-refractivity contribution in [1.29, 1.82) is 0 Å². The van der Waals surface area contributed by atoms with Crippen molar-refractivity contribution in [2.24, 2.45) is 0 Å². The molecule has 0 amide bonds. The first kappa shape index (κ1) is 11.0. The van der Waals surface area contributed by atoms with Gasteiger partial charge in [-0.05, 0) is 12.8 Å². The Kier molecular flexibility index (Phi) is 7.20. The molecule has 13 heavy (non-hydrogen) atoms. The summed E-state index contributed by atoms with van der Waals surface area (Å²) in [6.07, 6.45) is 10.6. The van der Waals surface area contributed by atoms with E-state index in [0.717, 1.165) is 13.2 Å². The molecule has 1 aliphatic heterocycles. The molecule has 0 N–H and O–H groups in total. The van der Waals surface area contributed by atoms with Gasteiger partial charge in [-0.15, -0.1) is 0 Å². The second-order valence-electron chi connectivity index (χ2n) is 3.76. The summed E-state index contributed by atoms with van der Waals surface area (Å²) in [5, 5.41) is 0. The second-order valence-corrected chi connectivity index (χ2v) is 3.76. The highest BCUT2D eigenvalue weighted by Crippen LogP contribution is 2.09.